The van der Waals surface area contributed by atoms with E-state index in [2.05, 4.69) is 21.2 Å². The fourth-order valence-electron chi connectivity index (χ4n) is 1.79. The molecule has 3 N–H and O–H groups in total. The number of aryl methyl sites for hydroxylation is 1. The fraction of sp³-hybridized carbons (Fsp3) is 0.462. The van der Waals surface area contributed by atoms with Crippen LogP contribution in [0.15, 0.2) is 16.6 Å². The van der Waals surface area contributed by atoms with Crippen molar-refractivity contribution < 1.29 is 9.72 Å². The summed E-state index contributed by atoms with van der Waals surface area (Å²) in [6, 6.07) is 2.29. The van der Waals surface area contributed by atoms with Crippen molar-refractivity contribution in [3.05, 3.63) is 32.3 Å². The van der Waals surface area contributed by atoms with Crippen LogP contribution in [0.5, 0.6) is 0 Å². The number of carbonyl (C=O) groups is 1. The minimum Gasteiger partial charge on any atom is -0.323 e. The molecule has 20 heavy (non-hydrogen) atoms. The Kier molecular flexibility index (Phi) is 5.64. The van der Waals surface area contributed by atoms with Gasteiger partial charge in [-0.1, -0.05) is 13.8 Å². The Balaban J connectivity index is 2.95. The Bertz CT molecular complexity index is 532. The molecule has 1 aromatic rings. The number of hydrogen-bond acceptors (Lipinski definition) is 4. The molecule has 0 aliphatic rings. The van der Waals surface area contributed by atoms with E-state index in [0.29, 0.717) is 28.1 Å². The van der Waals surface area contributed by atoms with Gasteiger partial charge < -0.3 is 11.1 Å². The average molecular weight is 344 g/mol. The van der Waals surface area contributed by atoms with Crippen molar-refractivity contribution in [2.45, 2.75) is 33.2 Å². The first-order chi connectivity index (χ1) is 9.22. The number of halogens is 1. The van der Waals surface area contributed by atoms with E-state index in [1.165, 1.54) is 6.07 Å². The van der Waals surface area contributed by atoms with Crippen LogP contribution in [0.4, 0.5) is 11.4 Å². The van der Waals surface area contributed by atoms with E-state index in [9.17, 15) is 14.9 Å². The number of anilines is 1. The van der Waals surface area contributed by atoms with Crippen molar-refractivity contribution in [3.8, 4) is 0 Å². The molecular weight excluding hydrogens is 326 g/mol. The molecule has 0 saturated carbocycles. The summed E-state index contributed by atoms with van der Waals surface area (Å²) in [5.41, 5.74) is 6.61. The molecule has 0 heterocycles. The Morgan fingerprint density at radius 3 is 2.60 bits per heavy atom. The van der Waals surface area contributed by atoms with Crippen molar-refractivity contribution in [1.29, 1.82) is 0 Å². The molecule has 1 aromatic carbocycles. The second-order valence-corrected chi connectivity index (χ2v) is 5.96. The molecule has 0 aliphatic heterocycles. The number of nitro groups is 1. The Labute approximate surface area is 126 Å². The Hall–Kier alpha value is -1.47. The van der Waals surface area contributed by atoms with Crippen LogP contribution in [0.1, 0.15) is 25.8 Å². The van der Waals surface area contributed by atoms with Crippen molar-refractivity contribution in [3.63, 3.8) is 0 Å². The summed E-state index contributed by atoms with van der Waals surface area (Å²) >= 11 is 3.28. The average Bonchev–Trinajstić information content (AvgIpc) is 2.30. The maximum Gasteiger partial charge on any atom is 0.274 e. The first-order valence-electron chi connectivity index (χ1n) is 6.23. The molecule has 0 saturated heterocycles. The van der Waals surface area contributed by atoms with Crippen LogP contribution in [-0.2, 0) is 4.79 Å². The van der Waals surface area contributed by atoms with Gasteiger partial charge in [-0.25, -0.2) is 0 Å². The Morgan fingerprint density at radius 1 is 1.50 bits per heavy atom. The highest BCUT2D eigenvalue weighted by atomic mass is 79.9. The number of nitrogens with one attached hydrogen (secondary N) is 1. The molecule has 0 fully saturated rings. The van der Waals surface area contributed by atoms with Gasteiger partial charge in [-0.3, -0.25) is 14.9 Å². The van der Waals surface area contributed by atoms with Crippen LogP contribution in [0, 0.1) is 23.0 Å². The number of nitrogens with zero attached hydrogens (tertiary/aromatic N) is 1. The maximum absolute atomic E-state index is 11.9. The second kappa shape index (κ2) is 6.81. The number of amides is 1. The van der Waals surface area contributed by atoms with Crippen LogP contribution in [0.25, 0.3) is 0 Å². The monoisotopic (exact) mass is 343 g/mol. The molecule has 1 atom stereocenters. The van der Waals surface area contributed by atoms with Crippen molar-refractivity contribution in [1.82, 2.24) is 0 Å². The van der Waals surface area contributed by atoms with E-state index in [0.717, 1.165) is 0 Å². The molecule has 0 aromatic heterocycles. The van der Waals surface area contributed by atoms with E-state index in [1.807, 2.05) is 13.8 Å². The molecule has 0 spiro atoms. The van der Waals surface area contributed by atoms with Crippen LogP contribution in [-0.4, -0.2) is 16.9 Å². The van der Waals surface area contributed by atoms with Crippen LogP contribution in [0.3, 0.4) is 0 Å². The van der Waals surface area contributed by atoms with Gasteiger partial charge in [-0.15, -0.1) is 0 Å². The van der Waals surface area contributed by atoms with Gasteiger partial charge in [-0.05, 0) is 41.3 Å². The van der Waals surface area contributed by atoms with Crippen molar-refractivity contribution >= 4 is 33.2 Å². The smallest absolute Gasteiger partial charge is 0.274 e. The molecule has 7 heteroatoms. The third kappa shape index (κ3) is 4.28. The lowest BCUT2D eigenvalue weighted by molar-refractivity contribution is -0.385. The quantitative estimate of drug-likeness (QED) is 0.634. The molecule has 0 bridgehead atoms. The van der Waals surface area contributed by atoms with Gasteiger partial charge >= 0.3 is 0 Å². The molecule has 6 nitrogen and oxygen atoms in total. The number of carbonyl (C=O) groups excluding carboxylic acids is 1. The summed E-state index contributed by atoms with van der Waals surface area (Å²) in [6.07, 6.45) is 0.553. The van der Waals surface area contributed by atoms with E-state index in [4.69, 9.17) is 5.73 Å². The Morgan fingerprint density at radius 2 is 2.10 bits per heavy atom. The van der Waals surface area contributed by atoms with Crippen LogP contribution >= 0.6 is 15.9 Å². The summed E-state index contributed by atoms with van der Waals surface area (Å²) < 4.78 is 0.589. The highest BCUT2D eigenvalue weighted by Gasteiger charge is 2.19. The minimum absolute atomic E-state index is 0.0408. The zero-order chi connectivity index (χ0) is 15.4. The summed E-state index contributed by atoms with van der Waals surface area (Å²) in [6.45, 7) is 5.58. The molecule has 0 unspecified atom stereocenters. The van der Waals surface area contributed by atoms with E-state index in [1.54, 1.807) is 13.0 Å². The highest BCUT2D eigenvalue weighted by Crippen LogP contribution is 2.30. The summed E-state index contributed by atoms with van der Waals surface area (Å²) in [4.78, 5) is 22.4. The predicted octanol–water partition coefficient (Wildman–Crippen LogP) is 2.98. The standard InChI is InChI=1S/C13H18BrN3O3/c1-7(2)4-10(15)13(18)16-11-6-12(17(19)20)8(3)5-9(11)14/h5-7,10H,4,15H2,1-3H3,(H,16,18)/t10-/m0/s1. The topological polar surface area (TPSA) is 98.3 Å². The SMILES string of the molecule is Cc1cc(Br)c(NC(=O)[C@@H](N)CC(C)C)cc1[N+](=O)[O-]. The zero-order valence-electron chi connectivity index (χ0n) is 11.6. The number of hydrogen-bond donors (Lipinski definition) is 2. The van der Waals surface area contributed by atoms with E-state index < -0.39 is 11.0 Å². The molecule has 1 amide bonds. The van der Waals surface area contributed by atoms with Crippen LogP contribution < -0.4 is 11.1 Å². The van der Waals surface area contributed by atoms with Crippen molar-refractivity contribution in [2.24, 2.45) is 11.7 Å². The van der Waals surface area contributed by atoms with Gasteiger partial charge in [0.1, 0.15) is 0 Å². The van der Waals surface area contributed by atoms with Gasteiger partial charge in [0.25, 0.3) is 5.69 Å². The summed E-state index contributed by atoms with van der Waals surface area (Å²) in [5.74, 6) is -0.0518. The molecule has 0 aliphatic carbocycles. The number of nitro benzene ring substituents is 1. The van der Waals surface area contributed by atoms with Gasteiger partial charge in [0, 0.05) is 16.1 Å². The maximum atomic E-state index is 11.9. The molecule has 1 rings (SSSR count). The third-order valence-corrected chi connectivity index (χ3v) is 3.46. The van der Waals surface area contributed by atoms with Gasteiger partial charge in [0.05, 0.1) is 16.7 Å². The number of benzene rings is 1. The highest BCUT2D eigenvalue weighted by molar-refractivity contribution is 9.10. The van der Waals surface area contributed by atoms with Crippen LogP contribution in [0.2, 0.25) is 0 Å². The van der Waals surface area contributed by atoms with E-state index >= 15 is 0 Å². The van der Waals surface area contributed by atoms with Gasteiger partial charge in [0.15, 0.2) is 0 Å². The van der Waals surface area contributed by atoms with Crippen molar-refractivity contribution in [2.75, 3.05) is 5.32 Å². The van der Waals surface area contributed by atoms with Gasteiger partial charge in [-0.2, -0.15) is 0 Å². The lowest BCUT2D eigenvalue weighted by Gasteiger charge is -2.15. The lowest BCUT2D eigenvalue weighted by Crippen LogP contribution is -2.36. The normalized spacial score (nSPS) is 12.3. The molecule has 110 valence electrons. The number of rotatable bonds is 5. The molecule has 0 radical (unpaired) electrons. The largest absolute Gasteiger partial charge is 0.323 e. The lowest BCUT2D eigenvalue weighted by atomic mass is 10.0. The van der Waals surface area contributed by atoms with E-state index in [-0.39, 0.29) is 11.6 Å². The third-order valence-electron chi connectivity index (χ3n) is 2.80. The summed E-state index contributed by atoms with van der Waals surface area (Å²) in [7, 11) is 0. The minimum atomic E-state index is -0.637. The first kappa shape index (κ1) is 16.6. The zero-order valence-corrected chi connectivity index (χ0v) is 13.2. The van der Waals surface area contributed by atoms with Gasteiger partial charge in [0.2, 0.25) is 5.91 Å². The summed E-state index contributed by atoms with van der Waals surface area (Å²) in [5, 5.41) is 13.5. The predicted molar refractivity (Wildman–Crippen MR) is 81.6 cm³/mol. The number of nitrogens with two attached hydrogens (primary N) is 1. The second-order valence-electron chi connectivity index (χ2n) is 5.10. The first-order valence-corrected chi connectivity index (χ1v) is 7.02. The molecular formula is C13H18BrN3O3. The fourth-order valence-corrected chi connectivity index (χ4v) is 2.35.